The Morgan fingerprint density at radius 1 is 1.21 bits per heavy atom. The Labute approximate surface area is 147 Å². The molecule has 0 aromatic heterocycles. The number of rotatable bonds is 6. The van der Waals surface area contributed by atoms with Crippen LogP contribution in [0.25, 0.3) is 0 Å². The summed E-state index contributed by atoms with van der Waals surface area (Å²) >= 11 is 11.7. The summed E-state index contributed by atoms with van der Waals surface area (Å²) in [4.78, 5) is 22.3. The fraction of sp³-hybridized carbons (Fsp3) is 0.133. The van der Waals surface area contributed by atoms with E-state index in [1.54, 1.807) is 0 Å². The van der Waals surface area contributed by atoms with Crippen molar-refractivity contribution in [2.75, 3.05) is 19.0 Å². The number of nitro groups is 1. The van der Waals surface area contributed by atoms with E-state index in [1.165, 1.54) is 43.5 Å². The quantitative estimate of drug-likeness (QED) is 0.614. The third kappa shape index (κ3) is 4.74. The van der Waals surface area contributed by atoms with Crippen LogP contribution in [0.4, 0.5) is 11.4 Å². The number of halogens is 2. The monoisotopic (exact) mass is 370 g/mol. The van der Waals surface area contributed by atoms with Gasteiger partial charge >= 0.3 is 5.69 Å². The molecule has 7 nitrogen and oxygen atoms in total. The zero-order chi connectivity index (χ0) is 17.7. The summed E-state index contributed by atoms with van der Waals surface area (Å²) in [6, 6.07) is 8.62. The van der Waals surface area contributed by atoms with Crippen molar-refractivity contribution in [1.29, 1.82) is 0 Å². The average Bonchev–Trinajstić information content (AvgIpc) is 2.51. The number of methoxy groups -OCH3 is 1. The number of nitrogens with zero attached hydrogens (tertiary/aromatic N) is 1. The lowest BCUT2D eigenvalue weighted by Crippen LogP contribution is -2.20. The Hall–Kier alpha value is -2.51. The molecule has 2 aromatic rings. The van der Waals surface area contributed by atoms with Crippen molar-refractivity contribution in [3.8, 4) is 11.5 Å². The van der Waals surface area contributed by atoms with Crippen LogP contribution in [0.3, 0.4) is 0 Å². The van der Waals surface area contributed by atoms with E-state index in [-0.39, 0.29) is 11.4 Å². The van der Waals surface area contributed by atoms with Crippen molar-refractivity contribution in [2.45, 2.75) is 0 Å². The summed E-state index contributed by atoms with van der Waals surface area (Å²) in [6.07, 6.45) is 0. The maximum absolute atomic E-state index is 11.9. The predicted molar refractivity (Wildman–Crippen MR) is 90.2 cm³/mol. The van der Waals surface area contributed by atoms with Crippen molar-refractivity contribution in [3.05, 3.63) is 56.6 Å². The first-order chi connectivity index (χ1) is 11.4. The molecule has 0 heterocycles. The van der Waals surface area contributed by atoms with E-state index in [4.69, 9.17) is 32.7 Å². The molecule has 2 aromatic carbocycles. The summed E-state index contributed by atoms with van der Waals surface area (Å²) in [5, 5.41) is 14.3. The predicted octanol–water partition coefficient (Wildman–Crippen LogP) is 3.93. The molecule has 0 unspecified atom stereocenters. The lowest BCUT2D eigenvalue weighted by Gasteiger charge is -2.09. The van der Waals surface area contributed by atoms with Crippen LogP contribution in [0.1, 0.15) is 0 Å². The van der Waals surface area contributed by atoms with Crippen LogP contribution >= 0.6 is 23.2 Å². The van der Waals surface area contributed by atoms with E-state index < -0.39 is 17.4 Å². The van der Waals surface area contributed by atoms with Crippen molar-refractivity contribution in [1.82, 2.24) is 0 Å². The molecule has 0 atom stereocenters. The summed E-state index contributed by atoms with van der Waals surface area (Å²) < 4.78 is 10.1. The van der Waals surface area contributed by atoms with Gasteiger partial charge in [0.15, 0.2) is 12.4 Å². The summed E-state index contributed by atoms with van der Waals surface area (Å²) in [5.74, 6) is -0.245. The van der Waals surface area contributed by atoms with Crippen molar-refractivity contribution in [2.24, 2.45) is 0 Å². The van der Waals surface area contributed by atoms with Crippen LogP contribution in [0.2, 0.25) is 10.0 Å². The highest BCUT2D eigenvalue weighted by atomic mass is 35.5. The second-order valence-electron chi connectivity index (χ2n) is 4.59. The highest BCUT2D eigenvalue weighted by Gasteiger charge is 2.17. The van der Waals surface area contributed by atoms with Gasteiger partial charge in [-0.05, 0) is 30.3 Å². The molecule has 0 radical (unpaired) electrons. The fourth-order valence-corrected chi connectivity index (χ4v) is 2.38. The first kappa shape index (κ1) is 17.8. The Morgan fingerprint density at radius 3 is 2.46 bits per heavy atom. The minimum absolute atomic E-state index is 0.0416. The molecular formula is C15H12Cl2N2O5. The van der Waals surface area contributed by atoms with Gasteiger partial charge in [0.2, 0.25) is 0 Å². The lowest BCUT2D eigenvalue weighted by atomic mass is 10.3. The molecule has 0 saturated heterocycles. The van der Waals surface area contributed by atoms with Crippen LogP contribution in [0, 0.1) is 10.1 Å². The van der Waals surface area contributed by atoms with Crippen LogP contribution in [-0.2, 0) is 4.79 Å². The molecule has 0 fully saturated rings. The third-order valence-electron chi connectivity index (χ3n) is 2.87. The number of hydrogen-bond acceptors (Lipinski definition) is 5. The highest BCUT2D eigenvalue weighted by Crippen LogP contribution is 2.31. The number of carbonyl (C=O) groups is 1. The van der Waals surface area contributed by atoms with Crippen LogP contribution in [0.5, 0.6) is 11.5 Å². The molecule has 126 valence electrons. The molecule has 24 heavy (non-hydrogen) atoms. The summed E-state index contributed by atoms with van der Waals surface area (Å²) in [5.41, 5.74) is 0.0956. The number of carbonyl (C=O) groups excluding carboxylic acids is 1. The van der Waals surface area contributed by atoms with Gasteiger partial charge in [0.25, 0.3) is 5.91 Å². The van der Waals surface area contributed by atoms with Gasteiger partial charge in [-0.2, -0.15) is 0 Å². The Morgan fingerprint density at radius 2 is 1.88 bits per heavy atom. The molecule has 0 saturated carbocycles. The average molecular weight is 371 g/mol. The molecule has 9 heteroatoms. The van der Waals surface area contributed by atoms with Gasteiger partial charge in [-0.15, -0.1) is 0 Å². The number of ether oxygens (including phenoxy) is 2. The smallest absolute Gasteiger partial charge is 0.314 e. The van der Waals surface area contributed by atoms with Crippen LogP contribution < -0.4 is 14.8 Å². The molecule has 1 amide bonds. The first-order valence-electron chi connectivity index (χ1n) is 6.60. The van der Waals surface area contributed by atoms with Crippen molar-refractivity contribution in [3.63, 3.8) is 0 Å². The van der Waals surface area contributed by atoms with Gasteiger partial charge in [-0.1, -0.05) is 23.2 Å². The van der Waals surface area contributed by atoms with E-state index in [0.29, 0.717) is 21.5 Å². The molecule has 0 aliphatic rings. The van der Waals surface area contributed by atoms with Gasteiger partial charge in [-0.25, -0.2) is 0 Å². The van der Waals surface area contributed by atoms with Gasteiger partial charge in [0.05, 0.1) is 18.1 Å². The molecule has 2 rings (SSSR count). The molecule has 0 bridgehead atoms. The van der Waals surface area contributed by atoms with Crippen LogP contribution in [-0.4, -0.2) is 24.5 Å². The number of nitrogens with one attached hydrogen (secondary N) is 1. The van der Waals surface area contributed by atoms with Gasteiger partial charge in [0, 0.05) is 15.7 Å². The van der Waals surface area contributed by atoms with E-state index in [1.807, 2.05) is 0 Å². The number of hydrogen-bond donors (Lipinski definition) is 1. The Bertz CT molecular complexity index is 762. The summed E-state index contributed by atoms with van der Waals surface area (Å²) in [7, 11) is 1.39. The van der Waals surface area contributed by atoms with Crippen molar-refractivity contribution >= 4 is 40.5 Å². The van der Waals surface area contributed by atoms with Gasteiger partial charge in [-0.3, -0.25) is 14.9 Å². The minimum atomic E-state index is -0.619. The van der Waals surface area contributed by atoms with E-state index >= 15 is 0 Å². The number of benzene rings is 2. The maximum atomic E-state index is 11.9. The number of amides is 1. The Balaban J connectivity index is 2.05. The molecule has 0 aliphatic heterocycles. The third-order valence-corrected chi connectivity index (χ3v) is 3.30. The first-order valence-corrected chi connectivity index (χ1v) is 7.36. The highest BCUT2D eigenvalue weighted by molar-refractivity contribution is 6.35. The van der Waals surface area contributed by atoms with Gasteiger partial charge < -0.3 is 14.8 Å². The zero-order valence-corrected chi connectivity index (χ0v) is 13.9. The second-order valence-corrected chi connectivity index (χ2v) is 5.46. The Kier molecular flexibility index (Phi) is 5.83. The van der Waals surface area contributed by atoms with Gasteiger partial charge in [0.1, 0.15) is 5.75 Å². The largest absolute Gasteiger partial charge is 0.496 e. The second kappa shape index (κ2) is 7.85. The molecule has 1 N–H and O–H groups in total. The number of anilines is 1. The summed E-state index contributed by atoms with van der Waals surface area (Å²) in [6.45, 7) is -0.419. The number of nitro benzene ring substituents is 1. The SMILES string of the molecule is COc1ccc(OCC(=O)Nc2cc(Cl)cc(Cl)c2)c([N+](=O)[O-])c1. The van der Waals surface area contributed by atoms with E-state index in [0.717, 1.165) is 0 Å². The zero-order valence-electron chi connectivity index (χ0n) is 12.4. The standard InChI is InChI=1S/C15H12Cl2N2O5/c1-23-12-2-3-14(13(7-12)19(21)22)24-8-15(20)18-11-5-9(16)4-10(17)6-11/h2-7H,8H2,1H3,(H,18,20). The fourth-order valence-electron chi connectivity index (χ4n) is 1.86. The molecular weight excluding hydrogens is 359 g/mol. The van der Waals surface area contributed by atoms with Crippen molar-refractivity contribution < 1.29 is 19.2 Å². The maximum Gasteiger partial charge on any atom is 0.314 e. The van der Waals surface area contributed by atoms with E-state index in [9.17, 15) is 14.9 Å². The normalized spacial score (nSPS) is 10.1. The molecule has 0 spiro atoms. The van der Waals surface area contributed by atoms with Crippen LogP contribution in [0.15, 0.2) is 36.4 Å². The lowest BCUT2D eigenvalue weighted by molar-refractivity contribution is -0.385. The minimum Gasteiger partial charge on any atom is -0.496 e. The topological polar surface area (TPSA) is 90.7 Å². The van der Waals surface area contributed by atoms with E-state index in [2.05, 4.69) is 5.32 Å². The molecule has 0 aliphatic carbocycles.